The normalized spacial score (nSPS) is 15.7. The molecule has 0 aromatic heterocycles. The first kappa shape index (κ1) is 24.3. The Labute approximate surface area is 205 Å². The van der Waals surface area contributed by atoms with Gasteiger partial charge in [-0.2, -0.15) is 5.90 Å². The SMILES string of the molecule is CO[N+](=O)c1ccc(N2CCN(C(=O)/C(=C(\C)ON)C(I)c3ccccc3)CC2)c(Cl)c1. The van der Waals surface area contributed by atoms with Gasteiger partial charge in [-0.25, -0.2) is 4.84 Å². The zero-order chi connectivity index (χ0) is 23.3. The molecule has 1 amide bonds. The summed E-state index contributed by atoms with van der Waals surface area (Å²) in [7, 11) is 1.29. The Bertz CT molecular complexity index is 1010. The standard InChI is InChI=1S/C22H25ClIN4O4/c1-15(32-25)20(21(24)16-6-4-3-5-7-16)22(29)27-12-10-26(11-13-27)19-9-8-17(14-18(19)23)28(30)31-2/h3-9,14,21H,10-13,25H2,1-2H3/q+1/b20-15+. The summed E-state index contributed by atoms with van der Waals surface area (Å²) in [6.45, 7) is 3.94. The molecule has 0 bridgehead atoms. The number of rotatable bonds is 7. The van der Waals surface area contributed by atoms with Gasteiger partial charge in [0.15, 0.2) is 7.11 Å². The topological polar surface area (TPSA) is 88.1 Å². The smallest absolute Gasteiger partial charge is 0.318 e. The van der Waals surface area contributed by atoms with Crippen molar-refractivity contribution in [2.24, 2.45) is 5.90 Å². The van der Waals surface area contributed by atoms with Crippen LogP contribution in [0.25, 0.3) is 0 Å². The maximum absolute atomic E-state index is 13.4. The summed E-state index contributed by atoms with van der Waals surface area (Å²) in [6, 6.07) is 14.8. The average Bonchev–Trinajstić information content (AvgIpc) is 2.83. The average molecular weight is 572 g/mol. The summed E-state index contributed by atoms with van der Waals surface area (Å²) in [4.78, 5) is 38.9. The highest BCUT2D eigenvalue weighted by molar-refractivity contribution is 14.1. The molecule has 1 aliphatic rings. The lowest BCUT2D eigenvalue weighted by Gasteiger charge is -2.37. The van der Waals surface area contributed by atoms with Crippen LogP contribution in [-0.4, -0.2) is 49.0 Å². The lowest BCUT2D eigenvalue weighted by Crippen LogP contribution is -2.49. The third kappa shape index (κ3) is 5.33. The van der Waals surface area contributed by atoms with E-state index >= 15 is 0 Å². The van der Waals surface area contributed by atoms with Gasteiger partial charge in [0, 0.05) is 38.3 Å². The van der Waals surface area contributed by atoms with E-state index in [0.717, 1.165) is 11.3 Å². The molecule has 3 rings (SSSR count). The number of allylic oxidation sites excluding steroid dienone is 1. The van der Waals surface area contributed by atoms with Crippen molar-refractivity contribution < 1.29 is 19.4 Å². The van der Waals surface area contributed by atoms with Crippen molar-refractivity contribution in [1.82, 2.24) is 4.90 Å². The number of hydrogen-bond acceptors (Lipinski definition) is 6. The molecular formula is C22H25ClIN4O4+. The second kappa shape index (κ2) is 11.0. The van der Waals surface area contributed by atoms with E-state index in [1.54, 1.807) is 30.0 Å². The molecule has 0 radical (unpaired) electrons. The summed E-state index contributed by atoms with van der Waals surface area (Å²) >= 11 is 8.64. The summed E-state index contributed by atoms with van der Waals surface area (Å²) in [5.41, 5.74) is 2.66. The number of anilines is 1. The molecule has 1 heterocycles. The monoisotopic (exact) mass is 571 g/mol. The van der Waals surface area contributed by atoms with Crippen LogP contribution in [0.3, 0.4) is 0 Å². The maximum Gasteiger partial charge on any atom is 0.318 e. The number of carbonyl (C=O) groups is 1. The molecule has 2 aromatic rings. The first-order valence-corrected chi connectivity index (χ1v) is 11.6. The van der Waals surface area contributed by atoms with Gasteiger partial charge in [0.1, 0.15) is 5.76 Å². The van der Waals surface area contributed by atoms with Crippen molar-refractivity contribution in [3.8, 4) is 0 Å². The van der Waals surface area contributed by atoms with Crippen molar-refractivity contribution in [1.29, 1.82) is 0 Å². The predicted molar refractivity (Wildman–Crippen MR) is 132 cm³/mol. The zero-order valence-corrected chi connectivity index (χ0v) is 20.7. The van der Waals surface area contributed by atoms with E-state index in [2.05, 4.69) is 32.3 Å². The number of hydrogen-bond donors (Lipinski definition) is 1. The Morgan fingerprint density at radius 1 is 1.16 bits per heavy atom. The van der Waals surface area contributed by atoms with Crippen LogP contribution in [0.15, 0.2) is 59.9 Å². The summed E-state index contributed by atoms with van der Waals surface area (Å²) in [6.07, 6.45) is 0. The first-order chi connectivity index (χ1) is 15.4. The summed E-state index contributed by atoms with van der Waals surface area (Å²) < 4.78 is -0.194. The lowest BCUT2D eigenvalue weighted by atomic mass is 10.0. The molecule has 0 saturated carbocycles. The van der Waals surface area contributed by atoms with E-state index in [1.807, 2.05) is 30.3 Å². The van der Waals surface area contributed by atoms with Crippen LogP contribution in [0.5, 0.6) is 0 Å². The number of piperazine rings is 1. The lowest BCUT2D eigenvalue weighted by molar-refractivity contribution is -0.736. The Kier molecular flexibility index (Phi) is 8.32. The van der Waals surface area contributed by atoms with Crippen molar-refractivity contribution >= 4 is 51.5 Å². The third-order valence-corrected chi connectivity index (χ3v) is 6.99. The van der Waals surface area contributed by atoms with Gasteiger partial charge in [-0.1, -0.05) is 64.5 Å². The van der Waals surface area contributed by atoms with Crippen LogP contribution in [0.2, 0.25) is 5.02 Å². The van der Waals surface area contributed by atoms with E-state index < -0.39 is 0 Å². The fourth-order valence-electron chi connectivity index (χ4n) is 3.58. The molecule has 1 unspecified atom stereocenters. The molecule has 32 heavy (non-hydrogen) atoms. The van der Waals surface area contributed by atoms with E-state index in [4.69, 9.17) is 22.3 Å². The van der Waals surface area contributed by atoms with Crippen LogP contribution in [-0.2, 0) is 14.5 Å². The van der Waals surface area contributed by atoms with Crippen LogP contribution in [0, 0.1) is 4.91 Å². The van der Waals surface area contributed by atoms with Gasteiger partial charge in [-0.15, -0.1) is 0 Å². The van der Waals surface area contributed by atoms with Crippen molar-refractivity contribution in [3.63, 3.8) is 0 Å². The Balaban J connectivity index is 1.73. The number of nitrogens with zero attached hydrogens (tertiary/aromatic N) is 3. The Hall–Kier alpha value is -2.37. The number of carbonyl (C=O) groups excluding carboxylic acids is 1. The largest absolute Gasteiger partial charge is 0.416 e. The van der Waals surface area contributed by atoms with Crippen LogP contribution in [0.4, 0.5) is 11.4 Å². The fraction of sp³-hybridized carbons (Fsp3) is 0.318. The van der Waals surface area contributed by atoms with Gasteiger partial charge in [-0.3, -0.25) is 4.79 Å². The van der Waals surface area contributed by atoms with Gasteiger partial charge >= 0.3 is 5.69 Å². The minimum atomic E-state index is -0.194. The minimum absolute atomic E-state index is 0.0978. The number of benzene rings is 2. The second-order valence-electron chi connectivity index (χ2n) is 7.22. The van der Waals surface area contributed by atoms with Gasteiger partial charge in [-0.05, 0) is 18.6 Å². The van der Waals surface area contributed by atoms with E-state index in [9.17, 15) is 9.70 Å². The molecule has 8 nitrogen and oxygen atoms in total. The first-order valence-electron chi connectivity index (χ1n) is 9.99. The highest BCUT2D eigenvalue weighted by Gasteiger charge is 2.31. The van der Waals surface area contributed by atoms with Crippen molar-refractivity contribution in [3.05, 3.63) is 75.4 Å². The highest BCUT2D eigenvalue weighted by atomic mass is 127. The third-order valence-electron chi connectivity index (χ3n) is 5.35. The molecular weight excluding hydrogens is 547 g/mol. The van der Waals surface area contributed by atoms with E-state index in [1.165, 1.54) is 7.11 Å². The van der Waals surface area contributed by atoms with Crippen molar-refractivity contribution in [2.45, 2.75) is 10.8 Å². The van der Waals surface area contributed by atoms with Crippen LogP contribution >= 0.6 is 34.2 Å². The molecule has 170 valence electrons. The van der Waals surface area contributed by atoms with Crippen LogP contribution < -0.4 is 10.8 Å². The number of halogens is 2. The molecule has 10 heteroatoms. The van der Waals surface area contributed by atoms with Crippen LogP contribution in [0.1, 0.15) is 16.4 Å². The predicted octanol–water partition coefficient (Wildman–Crippen LogP) is 4.30. The minimum Gasteiger partial charge on any atom is -0.416 e. The molecule has 1 saturated heterocycles. The number of nitrogens with two attached hydrogens (primary N) is 1. The summed E-state index contributed by atoms with van der Waals surface area (Å²) in [5, 5.41) is 0.449. The zero-order valence-electron chi connectivity index (χ0n) is 17.8. The molecule has 1 atom stereocenters. The molecule has 1 aliphatic heterocycles. The van der Waals surface area contributed by atoms with Gasteiger partial charge < -0.3 is 14.6 Å². The number of amides is 1. The molecule has 0 aliphatic carbocycles. The molecule has 2 aromatic carbocycles. The Morgan fingerprint density at radius 3 is 2.38 bits per heavy atom. The quantitative estimate of drug-likeness (QED) is 0.175. The second-order valence-corrected chi connectivity index (χ2v) is 8.87. The van der Waals surface area contributed by atoms with Crippen molar-refractivity contribution in [2.75, 3.05) is 38.2 Å². The Morgan fingerprint density at radius 2 is 1.81 bits per heavy atom. The van der Waals surface area contributed by atoms with Gasteiger partial charge in [0.2, 0.25) is 0 Å². The summed E-state index contributed by atoms with van der Waals surface area (Å²) in [5.74, 6) is 5.73. The number of alkyl halides is 1. The maximum atomic E-state index is 13.4. The fourth-order valence-corrected chi connectivity index (χ4v) is 5.00. The van der Waals surface area contributed by atoms with E-state index in [-0.39, 0.29) is 9.83 Å². The highest BCUT2D eigenvalue weighted by Crippen LogP contribution is 2.35. The van der Waals surface area contributed by atoms with Gasteiger partial charge in [0.25, 0.3) is 10.8 Å². The van der Waals surface area contributed by atoms with E-state index in [0.29, 0.717) is 53.1 Å². The van der Waals surface area contributed by atoms with Gasteiger partial charge in [0.05, 0.1) is 25.1 Å². The molecule has 0 spiro atoms. The molecule has 1 fully saturated rings. The molecule has 2 N–H and O–H groups in total.